The van der Waals surface area contributed by atoms with E-state index in [0.29, 0.717) is 37.6 Å². The van der Waals surface area contributed by atoms with Gasteiger partial charge in [0.05, 0.1) is 6.26 Å². The average Bonchev–Trinajstić information content (AvgIpc) is 3.44. The zero-order valence-corrected chi connectivity index (χ0v) is 16.2. The monoisotopic (exact) mass is 390 g/mol. The molecule has 4 rings (SSSR count). The lowest BCUT2D eigenvalue weighted by molar-refractivity contribution is -0.120. The maximum atomic E-state index is 12.6. The number of nitrogens with one attached hydrogen (secondary N) is 1. The van der Waals surface area contributed by atoms with E-state index in [9.17, 15) is 10.1 Å². The van der Waals surface area contributed by atoms with Crippen molar-refractivity contribution in [1.29, 1.82) is 5.26 Å². The molecule has 0 bridgehead atoms. The Balaban J connectivity index is 1.39. The van der Waals surface area contributed by atoms with Gasteiger partial charge in [0, 0.05) is 24.7 Å². The molecule has 1 aromatic carbocycles. The first-order chi connectivity index (χ1) is 14.2. The molecule has 3 heterocycles. The van der Waals surface area contributed by atoms with Crippen LogP contribution >= 0.6 is 0 Å². The smallest absolute Gasteiger partial charge is 0.266 e. The minimum Gasteiger partial charge on any atom is -0.459 e. The van der Waals surface area contributed by atoms with Crippen molar-refractivity contribution in [3.05, 3.63) is 53.9 Å². The van der Waals surface area contributed by atoms with Crippen LogP contribution < -0.4 is 10.2 Å². The van der Waals surface area contributed by atoms with Crippen molar-refractivity contribution in [3.8, 4) is 17.7 Å². The van der Waals surface area contributed by atoms with Gasteiger partial charge in [-0.15, -0.1) is 0 Å². The quantitative estimate of drug-likeness (QED) is 0.701. The highest BCUT2D eigenvalue weighted by Gasteiger charge is 2.29. The van der Waals surface area contributed by atoms with Gasteiger partial charge in [-0.3, -0.25) is 4.79 Å². The number of nitriles is 1. The number of rotatable bonds is 5. The molecule has 1 aliphatic heterocycles. The van der Waals surface area contributed by atoms with Gasteiger partial charge in [-0.2, -0.15) is 10.2 Å². The number of amides is 1. The molecule has 1 fully saturated rings. The number of furan rings is 1. The minimum absolute atomic E-state index is 0.0308. The maximum absolute atomic E-state index is 12.6. The van der Waals surface area contributed by atoms with E-state index in [4.69, 9.17) is 8.83 Å². The molecule has 148 valence electrons. The Bertz CT molecular complexity index is 1010. The summed E-state index contributed by atoms with van der Waals surface area (Å²) in [4.78, 5) is 18.8. The number of aryl methyl sites for hydroxylation is 1. The predicted octanol–water partition coefficient (Wildman–Crippen LogP) is 4.22. The van der Waals surface area contributed by atoms with Gasteiger partial charge >= 0.3 is 0 Å². The van der Waals surface area contributed by atoms with Gasteiger partial charge in [-0.05, 0) is 49.1 Å². The first kappa shape index (κ1) is 18.8. The fourth-order valence-electron chi connectivity index (χ4n) is 3.52. The second-order valence-corrected chi connectivity index (χ2v) is 7.06. The second-order valence-electron chi connectivity index (χ2n) is 7.06. The largest absolute Gasteiger partial charge is 0.459 e. The fraction of sp³-hybridized carbons (Fsp3) is 0.318. The van der Waals surface area contributed by atoms with Gasteiger partial charge in [0.2, 0.25) is 17.5 Å². The topological polar surface area (TPSA) is 95.3 Å². The highest BCUT2D eigenvalue weighted by molar-refractivity contribution is 5.92. The lowest BCUT2D eigenvalue weighted by Gasteiger charge is -2.30. The van der Waals surface area contributed by atoms with Crippen LogP contribution in [0.2, 0.25) is 0 Å². The lowest BCUT2D eigenvalue weighted by Crippen LogP contribution is -2.38. The molecule has 2 aromatic heterocycles. The van der Waals surface area contributed by atoms with Crippen molar-refractivity contribution in [3.63, 3.8) is 0 Å². The van der Waals surface area contributed by atoms with E-state index in [1.807, 2.05) is 29.2 Å². The van der Waals surface area contributed by atoms with Gasteiger partial charge in [0.25, 0.3) is 5.89 Å². The summed E-state index contributed by atoms with van der Waals surface area (Å²) in [6.07, 6.45) is 3.87. The molecule has 1 saturated heterocycles. The zero-order valence-electron chi connectivity index (χ0n) is 16.2. The molecule has 3 aromatic rings. The van der Waals surface area contributed by atoms with Gasteiger partial charge in [-0.1, -0.05) is 19.1 Å². The molecule has 7 heteroatoms. The summed E-state index contributed by atoms with van der Waals surface area (Å²) in [5.41, 5.74) is 2.29. The molecule has 0 radical (unpaired) electrons. The van der Waals surface area contributed by atoms with Gasteiger partial charge in [0.1, 0.15) is 6.07 Å². The molecule has 0 atom stereocenters. The lowest BCUT2D eigenvalue weighted by atomic mass is 9.95. The number of piperidine rings is 1. The van der Waals surface area contributed by atoms with Crippen LogP contribution in [-0.2, 0) is 11.2 Å². The number of anilines is 2. The molecule has 1 aliphatic rings. The summed E-state index contributed by atoms with van der Waals surface area (Å²) in [7, 11) is 0. The van der Waals surface area contributed by atoms with Crippen LogP contribution in [-0.4, -0.2) is 24.0 Å². The molecular weight excluding hydrogens is 368 g/mol. The summed E-state index contributed by atoms with van der Waals surface area (Å²) >= 11 is 0. The van der Waals surface area contributed by atoms with E-state index in [0.717, 1.165) is 12.1 Å². The number of nitrogens with zero attached hydrogens (tertiary/aromatic N) is 3. The van der Waals surface area contributed by atoms with E-state index < -0.39 is 0 Å². The number of benzene rings is 1. The summed E-state index contributed by atoms with van der Waals surface area (Å²) in [6.45, 7) is 3.34. The van der Waals surface area contributed by atoms with Crippen molar-refractivity contribution in [1.82, 2.24) is 4.98 Å². The molecule has 0 unspecified atom stereocenters. The van der Waals surface area contributed by atoms with Crippen LogP contribution in [0.4, 0.5) is 11.6 Å². The van der Waals surface area contributed by atoms with E-state index in [2.05, 4.69) is 23.3 Å². The van der Waals surface area contributed by atoms with Crippen molar-refractivity contribution in [2.75, 3.05) is 23.3 Å². The van der Waals surface area contributed by atoms with E-state index in [-0.39, 0.29) is 23.4 Å². The fourth-order valence-corrected chi connectivity index (χ4v) is 3.52. The van der Waals surface area contributed by atoms with Crippen molar-refractivity contribution in [2.45, 2.75) is 26.2 Å². The highest BCUT2D eigenvalue weighted by Crippen LogP contribution is 2.31. The first-order valence-electron chi connectivity index (χ1n) is 9.77. The van der Waals surface area contributed by atoms with Crippen LogP contribution in [0, 0.1) is 17.2 Å². The summed E-state index contributed by atoms with van der Waals surface area (Å²) in [5.74, 6) is 1.17. The third-order valence-corrected chi connectivity index (χ3v) is 5.23. The van der Waals surface area contributed by atoms with Gasteiger partial charge in [0.15, 0.2) is 5.76 Å². The standard InChI is InChI=1S/C22H22N4O3/c1-2-15-5-7-17(8-6-15)24-20(27)16-9-11-26(12-10-16)22-18(14-23)25-21(29-22)19-4-3-13-28-19/h3-8,13,16H,2,9-12H2,1H3,(H,24,27). The van der Waals surface area contributed by atoms with E-state index >= 15 is 0 Å². The molecule has 7 nitrogen and oxygen atoms in total. The molecule has 1 amide bonds. The van der Waals surface area contributed by atoms with Crippen molar-refractivity contribution >= 4 is 17.5 Å². The Hall–Kier alpha value is -3.53. The first-order valence-corrected chi connectivity index (χ1v) is 9.77. The minimum atomic E-state index is -0.0740. The van der Waals surface area contributed by atoms with Crippen molar-refractivity contribution < 1.29 is 13.6 Å². The summed E-state index contributed by atoms with van der Waals surface area (Å²) in [6, 6.07) is 13.5. The number of hydrogen-bond donors (Lipinski definition) is 1. The van der Waals surface area contributed by atoms with Gasteiger partial charge < -0.3 is 19.1 Å². The molecule has 0 saturated carbocycles. The molecular formula is C22H22N4O3. The number of carbonyl (C=O) groups is 1. The highest BCUT2D eigenvalue weighted by atomic mass is 16.4. The Morgan fingerprint density at radius 1 is 1.28 bits per heavy atom. The van der Waals surface area contributed by atoms with Crippen LogP contribution in [0.5, 0.6) is 0 Å². The maximum Gasteiger partial charge on any atom is 0.266 e. The number of carbonyl (C=O) groups excluding carboxylic acids is 1. The van der Waals surface area contributed by atoms with Crippen LogP contribution in [0.25, 0.3) is 11.7 Å². The Morgan fingerprint density at radius 3 is 2.66 bits per heavy atom. The van der Waals surface area contributed by atoms with Gasteiger partial charge in [-0.25, -0.2) is 0 Å². The zero-order chi connectivity index (χ0) is 20.2. The third-order valence-electron chi connectivity index (χ3n) is 5.23. The van der Waals surface area contributed by atoms with Crippen molar-refractivity contribution in [2.24, 2.45) is 5.92 Å². The average molecular weight is 390 g/mol. The number of aromatic nitrogens is 1. The number of oxazole rings is 1. The molecule has 29 heavy (non-hydrogen) atoms. The summed E-state index contributed by atoms with van der Waals surface area (Å²) < 4.78 is 11.1. The Morgan fingerprint density at radius 2 is 2.03 bits per heavy atom. The summed E-state index contributed by atoms with van der Waals surface area (Å²) in [5, 5.41) is 12.4. The third kappa shape index (κ3) is 4.02. The molecule has 1 N–H and O–H groups in total. The molecule has 0 spiro atoms. The van der Waals surface area contributed by atoms with Crippen LogP contribution in [0.3, 0.4) is 0 Å². The Labute approximate surface area is 168 Å². The normalized spacial score (nSPS) is 14.6. The van der Waals surface area contributed by atoms with Crippen LogP contribution in [0.1, 0.15) is 31.0 Å². The van der Waals surface area contributed by atoms with E-state index in [1.165, 1.54) is 11.8 Å². The molecule has 0 aliphatic carbocycles. The van der Waals surface area contributed by atoms with Crippen LogP contribution in [0.15, 0.2) is 51.5 Å². The second kappa shape index (κ2) is 8.23. The predicted molar refractivity (Wildman–Crippen MR) is 108 cm³/mol. The SMILES string of the molecule is CCc1ccc(NC(=O)C2CCN(c3oc(-c4ccco4)nc3C#N)CC2)cc1. The Kier molecular flexibility index (Phi) is 5.34. The van der Waals surface area contributed by atoms with E-state index in [1.54, 1.807) is 12.1 Å². The number of hydrogen-bond acceptors (Lipinski definition) is 6.